The number of nitrogens with zero attached hydrogens (tertiary/aromatic N) is 1. The number of thiazole rings is 1. The minimum atomic E-state index is -0.157. The first-order valence-electron chi connectivity index (χ1n) is 7.81. The lowest BCUT2D eigenvalue weighted by atomic mass is 9.95. The van der Waals surface area contributed by atoms with Gasteiger partial charge in [0.1, 0.15) is 7.85 Å². The molecule has 5 heteroatoms. The van der Waals surface area contributed by atoms with Gasteiger partial charge in [0.25, 0.3) is 5.91 Å². The van der Waals surface area contributed by atoms with E-state index in [9.17, 15) is 4.79 Å². The lowest BCUT2D eigenvalue weighted by Crippen LogP contribution is -2.12. The molecule has 0 aliphatic carbocycles. The second-order valence-electron chi connectivity index (χ2n) is 5.64. The fourth-order valence-electron chi connectivity index (χ4n) is 2.71. The first kappa shape index (κ1) is 15.6. The van der Waals surface area contributed by atoms with Gasteiger partial charge in [0.15, 0.2) is 5.13 Å². The van der Waals surface area contributed by atoms with Crippen molar-refractivity contribution >= 4 is 46.5 Å². The Labute approximate surface area is 150 Å². The molecule has 0 bridgehead atoms. The fraction of sp³-hybridized carbons (Fsp3) is 0. The monoisotopic (exact) mass is 340 g/mol. The Balaban J connectivity index is 1.60. The summed E-state index contributed by atoms with van der Waals surface area (Å²) < 4.78 is 0. The van der Waals surface area contributed by atoms with Crippen LogP contribution in [0.4, 0.5) is 5.13 Å². The van der Waals surface area contributed by atoms with Crippen molar-refractivity contribution in [3.05, 3.63) is 77.7 Å². The predicted molar refractivity (Wildman–Crippen MR) is 105 cm³/mol. The summed E-state index contributed by atoms with van der Waals surface area (Å²) in [4.78, 5) is 17.2. The van der Waals surface area contributed by atoms with Gasteiger partial charge in [0, 0.05) is 16.5 Å². The fourth-order valence-corrected chi connectivity index (χ4v) is 3.42. The Morgan fingerprint density at radius 1 is 0.960 bits per heavy atom. The van der Waals surface area contributed by atoms with Crippen LogP contribution in [0.15, 0.2) is 72.1 Å². The Kier molecular flexibility index (Phi) is 4.08. The van der Waals surface area contributed by atoms with Crippen LogP contribution in [0.2, 0.25) is 0 Å². The molecule has 1 aromatic heterocycles. The van der Waals surface area contributed by atoms with Crippen LogP contribution in [0, 0.1) is 0 Å². The lowest BCUT2D eigenvalue weighted by Gasteiger charge is -2.06. The third-order valence-electron chi connectivity index (χ3n) is 3.97. The van der Waals surface area contributed by atoms with Crippen LogP contribution in [0.3, 0.4) is 0 Å². The number of carbonyl (C=O) groups is 1. The van der Waals surface area contributed by atoms with E-state index in [1.165, 1.54) is 11.3 Å². The summed E-state index contributed by atoms with van der Waals surface area (Å²) in [5, 5.41) is 7.36. The summed E-state index contributed by atoms with van der Waals surface area (Å²) in [7, 11) is 5.71. The van der Waals surface area contributed by atoms with E-state index in [0.29, 0.717) is 16.2 Å². The number of benzene rings is 3. The first-order valence-corrected chi connectivity index (χ1v) is 8.69. The molecule has 0 atom stereocenters. The van der Waals surface area contributed by atoms with E-state index < -0.39 is 0 Å². The van der Waals surface area contributed by atoms with E-state index in [1.807, 2.05) is 72.1 Å². The lowest BCUT2D eigenvalue weighted by molar-refractivity contribution is 0.102. The summed E-state index contributed by atoms with van der Waals surface area (Å²) in [5.41, 5.74) is 3.14. The number of hydrogen-bond acceptors (Lipinski definition) is 3. The van der Waals surface area contributed by atoms with E-state index in [0.717, 1.165) is 22.0 Å². The van der Waals surface area contributed by atoms with Gasteiger partial charge in [-0.1, -0.05) is 66.1 Å². The molecule has 2 radical (unpaired) electrons. The minimum absolute atomic E-state index is 0.157. The first-order chi connectivity index (χ1) is 12.2. The Bertz CT molecular complexity index is 1050. The molecule has 0 saturated heterocycles. The number of rotatable bonds is 3. The molecule has 4 rings (SSSR count). The van der Waals surface area contributed by atoms with Gasteiger partial charge in [0.05, 0.1) is 5.69 Å². The number of hydrogen-bond donors (Lipinski definition) is 1. The molecule has 1 N–H and O–H groups in total. The highest BCUT2D eigenvalue weighted by Gasteiger charge is 2.12. The maximum absolute atomic E-state index is 12.7. The smallest absolute Gasteiger partial charge is 0.258 e. The summed E-state index contributed by atoms with van der Waals surface area (Å²) in [6, 6.07) is 21.1. The van der Waals surface area contributed by atoms with E-state index in [1.54, 1.807) is 0 Å². The van der Waals surface area contributed by atoms with Crippen LogP contribution in [-0.4, -0.2) is 18.7 Å². The van der Waals surface area contributed by atoms with Gasteiger partial charge in [-0.25, -0.2) is 4.98 Å². The summed E-state index contributed by atoms with van der Waals surface area (Å²) in [6.45, 7) is 0. The van der Waals surface area contributed by atoms with Crippen molar-refractivity contribution in [2.24, 2.45) is 0 Å². The third kappa shape index (κ3) is 3.19. The highest BCUT2D eigenvalue weighted by Crippen LogP contribution is 2.25. The third-order valence-corrected chi connectivity index (χ3v) is 4.72. The predicted octanol–water partition coefficient (Wildman–Crippen LogP) is 4.01. The number of anilines is 1. The van der Waals surface area contributed by atoms with Crippen LogP contribution in [0.5, 0.6) is 0 Å². The molecule has 118 valence electrons. The molecule has 0 aliphatic rings. The SMILES string of the molecule is [B]c1ccc(-c2csc(NC(=O)c3cccc4ccccc34)n2)cc1. The summed E-state index contributed by atoms with van der Waals surface area (Å²) >= 11 is 1.40. The topological polar surface area (TPSA) is 42.0 Å². The zero-order chi connectivity index (χ0) is 17.2. The molecule has 4 aromatic rings. The normalized spacial score (nSPS) is 10.7. The van der Waals surface area contributed by atoms with E-state index in [-0.39, 0.29) is 5.91 Å². The minimum Gasteiger partial charge on any atom is -0.298 e. The Hall–Kier alpha value is -2.92. The second-order valence-corrected chi connectivity index (χ2v) is 6.50. The van der Waals surface area contributed by atoms with E-state index in [2.05, 4.69) is 10.3 Å². The van der Waals surface area contributed by atoms with Crippen molar-refractivity contribution in [2.45, 2.75) is 0 Å². The van der Waals surface area contributed by atoms with Gasteiger partial charge in [-0.2, -0.15) is 0 Å². The zero-order valence-corrected chi connectivity index (χ0v) is 14.1. The molecule has 3 nitrogen and oxygen atoms in total. The maximum atomic E-state index is 12.7. The maximum Gasteiger partial charge on any atom is 0.258 e. The van der Waals surface area contributed by atoms with Gasteiger partial charge in [-0.05, 0) is 16.8 Å². The van der Waals surface area contributed by atoms with Crippen molar-refractivity contribution in [3.63, 3.8) is 0 Å². The quantitative estimate of drug-likeness (QED) is 0.573. The van der Waals surface area contributed by atoms with Gasteiger partial charge >= 0.3 is 0 Å². The molecule has 0 saturated carbocycles. The summed E-state index contributed by atoms with van der Waals surface area (Å²) in [6.07, 6.45) is 0. The van der Waals surface area contributed by atoms with Crippen molar-refractivity contribution in [1.82, 2.24) is 4.98 Å². The second kappa shape index (κ2) is 6.53. The van der Waals surface area contributed by atoms with Gasteiger partial charge in [-0.15, -0.1) is 11.3 Å². The van der Waals surface area contributed by atoms with Crippen molar-refractivity contribution < 1.29 is 4.79 Å². The Morgan fingerprint density at radius 3 is 2.56 bits per heavy atom. The number of nitrogens with one attached hydrogen (secondary N) is 1. The number of amides is 1. The molecule has 0 aliphatic heterocycles. The largest absolute Gasteiger partial charge is 0.298 e. The molecule has 0 spiro atoms. The zero-order valence-electron chi connectivity index (χ0n) is 13.3. The van der Waals surface area contributed by atoms with E-state index in [4.69, 9.17) is 7.85 Å². The molecule has 0 unspecified atom stereocenters. The van der Waals surface area contributed by atoms with Gasteiger partial charge in [0.2, 0.25) is 0 Å². The average molecular weight is 340 g/mol. The van der Waals surface area contributed by atoms with Crippen LogP contribution < -0.4 is 10.8 Å². The van der Waals surface area contributed by atoms with Crippen molar-refractivity contribution in [3.8, 4) is 11.3 Å². The molecular formula is C20H13BN2OS. The molecule has 1 amide bonds. The molecule has 0 fully saturated rings. The van der Waals surface area contributed by atoms with Crippen molar-refractivity contribution in [1.29, 1.82) is 0 Å². The molecular weight excluding hydrogens is 327 g/mol. The standard InChI is InChI=1S/C20H13BN2OS/c21-15-10-8-14(9-11-15)18-12-25-20(22-18)23-19(24)17-7-3-5-13-4-1-2-6-16(13)17/h1-12H,(H,22,23,24). The molecule has 3 aromatic carbocycles. The van der Waals surface area contributed by atoms with E-state index >= 15 is 0 Å². The molecule has 1 heterocycles. The van der Waals surface area contributed by atoms with Crippen LogP contribution in [-0.2, 0) is 0 Å². The van der Waals surface area contributed by atoms with Crippen LogP contribution in [0.1, 0.15) is 10.4 Å². The van der Waals surface area contributed by atoms with Crippen LogP contribution in [0.25, 0.3) is 22.0 Å². The Morgan fingerprint density at radius 2 is 1.72 bits per heavy atom. The van der Waals surface area contributed by atoms with Gasteiger partial charge in [-0.3, -0.25) is 10.1 Å². The highest BCUT2D eigenvalue weighted by molar-refractivity contribution is 7.14. The average Bonchev–Trinajstić information content (AvgIpc) is 3.10. The van der Waals surface area contributed by atoms with Crippen LogP contribution >= 0.6 is 11.3 Å². The highest BCUT2D eigenvalue weighted by atomic mass is 32.1. The molecule has 25 heavy (non-hydrogen) atoms. The number of aromatic nitrogens is 1. The van der Waals surface area contributed by atoms with Crippen molar-refractivity contribution in [2.75, 3.05) is 5.32 Å². The van der Waals surface area contributed by atoms with Gasteiger partial charge < -0.3 is 0 Å². The number of fused-ring (bicyclic) bond motifs is 1. The number of carbonyl (C=O) groups excluding carboxylic acids is 1. The summed E-state index contributed by atoms with van der Waals surface area (Å²) in [5.74, 6) is -0.157.